The summed E-state index contributed by atoms with van der Waals surface area (Å²) in [5, 5.41) is 8.34. The number of hydrogen-bond acceptors (Lipinski definition) is 4. The number of hydrogen-bond donors (Lipinski definition) is 1. The SMILES string of the molecule is N#CC(N)CN1C(=O)CCC1=O. The van der Waals surface area contributed by atoms with E-state index < -0.39 is 6.04 Å². The van der Waals surface area contributed by atoms with Crippen molar-refractivity contribution < 1.29 is 9.59 Å². The smallest absolute Gasteiger partial charge is 0.229 e. The highest BCUT2D eigenvalue weighted by molar-refractivity contribution is 6.01. The fraction of sp³-hybridized carbons (Fsp3) is 0.571. The lowest BCUT2D eigenvalue weighted by molar-refractivity contribution is -0.138. The standard InChI is InChI=1S/C7H9N3O2/c8-3-5(9)4-10-6(11)1-2-7(10)12/h5H,1-2,4,9H2. The van der Waals surface area contributed by atoms with Crippen LogP contribution in [0.2, 0.25) is 0 Å². The van der Waals surface area contributed by atoms with Crippen molar-refractivity contribution in [3.05, 3.63) is 0 Å². The first-order chi connectivity index (χ1) is 5.65. The van der Waals surface area contributed by atoms with E-state index in [1.54, 1.807) is 6.07 Å². The van der Waals surface area contributed by atoms with Gasteiger partial charge in [0, 0.05) is 12.8 Å². The first kappa shape index (κ1) is 8.68. The molecule has 1 aliphatic rings. The van der Waals surface area contributed by atoms with Gasteiger partial charge in [-0.2, -0.15) is 5.26 Å². The van der Waals surface area contributed by atoms with E-state index in [0.29, 0.717) is 0 Å². The molecule has 64 valence electrons. The largest absolute Gasteiger partial charge is 0.314 e. The number of likely N-dealkylation sites (tertiary alicyclic amines) is 1. The summed E-state index contributed by atoms with van der Waals surface area (Å²) in [4.78, 5) is 23.0. The van der Waals surface area contributed by atoms with Crippen molar-refractivity contribution in [2.75, 3.05) is 6.54 Å². The summed E-state index contributed by atoms with van der Waals surface area (Å²) in [5.41, 5.74) is 5.27. The van der Waals surface area contributed by atoms with Crippen LogP contribution in [-0.4, -0.2) is 29.3 Å². The summed E-state index contributed by atoms with van der Waals surface area (Å²) in [6, 6.07) is 0.997. The van der Waals surface area contributed by atoms with Gasteiger partial charge < -0.3 is 5.73 Å². The predicted octanol–water partition coefficient (Wildman–Crippen LogP) is -1.01. The number of imide groups is 1. The van der Waals surface area contributed by atoms with Crippen LogP contribution < -0.4 is 5.73 Å². The number of nitrogens with two attached hydrogens (primary N) is 1. The number of nitriles is 1. The lowest BCUT2D eigenvalue weighted by Crippen LogP contribution is -2.39. The quantitative estimate of drug-likeness (QED) is 0.533. The minimum Gasteiger partial charge on any atom is -0.314 e. The molecule has 12 heavy (non-hydrogen) atoms. The predicted molar refractivity (Wildman–Crippen MR) is 39.5 cm³/mol. The number of carbonyl (C=O) groups excluding carboxylic acids is 2. The second-order valence-electron chi connectivity index (χ2n) is 2.63. The maximum absolute atomic E-state index is 11.0. The van der Waals surface area contributed by atoms with E-state index in [-0.39, 0.29) is 31.2 Å². The van der Waals surface area contributed by atoms with Gasteiger partial charge in [0.2, 0.25) is 11.8 Å². The average Bonchev–Trinajstić information content (AvgIpc) is 2.35. The van der Waals surface area contributed by atoms with E-state index in [2.05, 4.69) is 0 Å². The lowest BCUT2D eigenvalue weighted by atomic mass is 10.3. The first-order valence-electron chi connectivity index (χ1n) is 3.63. The molecule has 0 bridgehead atoms. The van der Waals surface area contributed by atoms with Crippen LogP contribution in [0.5, 0.6) is 0 Å². The highest BCUT2D eigenvalue weighted by atomic mass is 16.2. The Bertz CT molecular complexity index is 240. The van der Waals surface area contributed by atoms with Gasteiger partial charge in [0.1, 0.15) is 6.04 Å². The van der Waals surface area contributed by atoms with Gasteiger partial charge in [-0.1, -0.05) is 0 Å². The fourth-order valence-corrected chi connectivity index (χ4v) is 1.06. The van der Waals surface area contributed by atoms with Crippen LogP contribution in [0.15, 0.2) is 0 Å². The summed E-state index contributed by atoms with van der Waals surface area (Å²) in [6.45, 7) is 0.0220. The summed E-state index contributed by atoms with van der Waals surface area (Å²) in [6.07, 6.45) is 0.494. The van der Waals surface area contributed by atoms with Crippen LogP contribution >= 0.6 is 0 Å². The second kappa shape index (κ2) is 3.32. The van der Waals surface area contributed by atoms with E-state index in [1.165, 1.54) is 0 Å². The molecule has 2 N–H and O–H groups in total. The molecule has 1 aliphatic heterocycles. The Morgan fingerprint density at radius 1 is 1.50 bits per heavy atom. The number of nitrogens with zero attached hydrogens (tertiary/aromatic N) is 2. The highest BCUT2D eigenvalue weighted by Gasteiger charge is 2.29. The third-order valence-electron chi connectivity index (χ3n) is 1.70. The minimum absolute atomic E-state index is 0.0220. The van der Waals surface area contributed by atoms with Crippen LogP contribution in [0.1, 0.15) is 12.8 Å². The number of carbonyl (C=O) groups is 2. The molecule has 1 fully saturated rings. The molecule has 0 aromatic rings. The zero-order valence-corrected chi connectivity index (χ0v) is 6.49. The molecule has 0 radical (unpaired) electrons. The Kier molecular flexibility index (Phi) is 2.41. The fourth-order valence-electron chi connectivity index (χ4n) is 1.06. The molecule has 1 saturated heterocycles. The molecule has 0 aromatic heterocycles. The normalized spacial score (nSPS) is 19.5. The zero-order valence-electron chi connectivity index (χ0n) is 6.49. The summed E-state index contributed by atoms with van der Waals surface area (Å²) < 4.78 is 0. The van der Waals surface area contributed by atoms with Crippen molar-refractivity contribution in [1.29, 1.82) is 5.26 Å². The zero-order chi connectivity index (χ0) is 9.14. The lowest BCUT2D eigenvalue weighted by Gasteiger charge is -2.13. The molecule has 1 unspecified atom stereocenters. The highest BCUT2D eigenvalue weighted by Crippen LogP contribution is 2.11. The summed E-state index contributed by atoms with van der Waals surface area (Å²) >= 11 is 0. The van der Waals surface area contributed by atoms with Gasteiger partial charge in [-0.05, 0) is 0 Å². The summed E-state index contributed by atoms with van der Waals surface area (Å²) in [5.74, 6) is -0.462. The second-order valence-corrected chi connectivity index (χ2v) is 2.63. The summed E-state index contributed by atoms with van der Waals surface area (Å²) in [7, 11) is 0. The molecule has 0 saturated carbocycles. The first-order valence-corrected chi connectivity index (χ1v) is 3.63. The van der Waals surface area contributed by atoms with Gasteiger partial charge in [0.05, 0.1) is 12.6 Å². The molecule has 0 aromatic carbocycles. The Morgan fingerprint density at radius 3 is 2.42 bits per heavy atom. The van der Waals surface area contributed by atoms with Crippen molar-refractivity contribution in [1.82, 2.24) is 4.90 Å². The van der Waals surface area contributed by atoms with Crippen molar-refractivity contribution in [2.45, 2.75) is 18.9 Å². The number of amides is 2. The monoisotopic (exact) mass is 167 g/mol. The molecule has 1 heterocycles. The van der Waals surface area contributed by atoms with E-state index in [9.17, 15) is 9.59 Å². The Morgan fingerprint density at radius 2 is 2.00 bits per heavy atom. The van der Waals surface area contributed by atoms with Gasteiger partial charge in [-0.15, -0.1) is 0 Å². The maximum atomic E-state index is 11.0. The van der Waals surface area contributed by atoms with Gasteiger partial charge in [-0.25, -0.2) is 0 Å². The Balaban J connectivity index is 2.57. The van der Waals surface area contributed by atoms with E-state index in [1.807, 2.05) is 0 Å². The molecule has 5 heteroatoms. The van der Waals surface area contributed by atoms with Crippen molar-refractivity contribution in [3.8, 4) is 6.07 Å². The average molecular weight is 167 g/mol. The molecule has 2 amide bonds. The van der Waals surface area contributed by atoms with Gasteiger partial charge in [-0.3, -0.25) is 14.5 Å². The van der Waals surface area contributed by atoms with Crippen LogP contribution in [0.4, 0.5) is 0 Å². The Labute approximate surface area is 69.7 Å². The van der Waals surface area contributed by atoms with Gasteiger partial charge >= 0.3 is 0 Å². The van der Waals surface area contributed by atoms with Gasteiger partial charge in [0.15, 0.2) is 0 Å². The maximum Gasteiger partial charge on any atom is 0.229 e. The molecule has 0 aliphatic carbocycles. The minimum atomic E-state index is -0.768. The van der Waals surface area contributed by atoms with Crippen molar-refractivity contribution in [3.63, 3.8) is 0 Å². The van der Waals surface area contributed by atoms with E-state index in [0.717, 1.165) is 4.90 Å². The molecule has 0 spiro atoms. The van der Waals surface area contributed by atoms with Crippen LogP contribution in [0.25, 0.3) is 0 Å². The topological polar surface area (TPSA) is 87.2 Å². The molecule has 1 atom stereocenters. The molecular formula is C7H9N3O2. The van der Waals surface area contributed by atoms with Crippen LogP contribution in [0.3, 0.4) is 0 Å². The van der Waals surface area contributed by atoms with E-state index >= 15 is 0 Å². The Hall–Kier alpha value is -1.41. The molecule has 5 nitrogen and oxygen atoms in total. The third kappa shape index (κ3) is 1.60. The van der Waals surface area contributed by atoms with Gasteiger partial charge in [0.25, 0.3) is 0 Å². The molecule has 1 rings (SSSR count). The van der Waals surface area contributed by atoms with Crippen molar-refractivity contribution in [2.24, 2.45) is 5.73 Å². The third-order valence-corrected chi connectivity index (χ3v) is 1.70. The van der Waals surface area contributed by atoms with Crippen LogP contribution in [0, 0.1) is 11.3 Å². The molecular weight excluding hydrogens is 158 g/mol. The van der Waals surface area contributed by atoms with E-state index in [4.69, 9.17) is 11.0 Å². The van der Waals surface area contributed by atoms with Crippen molar-refractivity contribution >= 4 is 11.8 Å². The number of rotatable bonds is 2. The van der Waals surface area contributed by atoms with Crippen LogP contribution in [-0.2, 0) is 9.59 Å².